The molecule has 0 fully saturated rings. The van der Waals surface area contributed by atoms with E-state index in [1.165, 1.54) is 7.11 Å². The van der Waals surface area contributed by atoms with Crippen molar-refractivity contribution in [1.82, 2.24) is 0 Å². The fourth-order valence-corrected chi connectivity index (χ4v) is 2.66. The largest absolute Gasteiger partial charge is 0.467 e. The number of nitrogens with zero attached hydrogens (tertiary/aromatic N) is 2. The van der Waals surface area contributed by atoms with E-state index in [0.717, 1.165) is 11.1 Å². The highest BCUT2D eigenvalue weighted by molar-refractivity contribution is 6.13. The van der Waals surface area contributed by atoms with Crippen LogP contribution in [0.2, 0.25) is 0 Å². The summed E-state index contributed by atoms with van der Waals surface area (Å²) < 4.78 is 4.84. The number of aliphatic imine (C=N–C) groups is 1. The molecule has 0 saturated carbocycles. The fraction of sp³-hybridized carbons (Fsp3) is 0.300. The van der Waals surface area contributed by atoms with Gasteiger partial charge in [0, 0.05) is 28.9 Å². The van der Waals surface area contributed by atoms with Crippen molar-refractivity contribution >= 4 is 11.7 Å². The van der Waals surface area contributed by atoms with Crippen LogP contribution in [-0.2, 0) is 9.53 Å². The van der Waals surface area contributed by atoms with Crippen molar-refractivity contribution in [2.45, 2.75) is 31.8 Å². The minimum atomic E-state index is -0.939. The summed E-state index contributed by atoms with van der Waals surface area (Å²) >= 11 is 0. The molecule has 2 aromatic carbocycles. The number of carbonyl (C=O) groups excluding carboxylic acids is 1. The lowest BCUT2D eigenvalue weighted by Crippen LogP contribution is -2.31. The van der Waals surface area contributed by atoms with Gasteiger partial charge in [-0.2, -0.15) is 0 Å². The fourth-order valence-electron chi connectivity index (χ4n) is 2.66. The maximum absolute atomic E-state index is 12.2. The molecule has 0 bridgehead atoms. The van der Waals surface area contributed by atoms with E-state index in [1.807, 2.05) is 60.7 Å². The standard InChI is InChI=1S/C20H22N2O4/c1-3-17(22(24)25)14-18(20(23)26-2)21-19(15-10-6-4-7-11-15)16-12-8-5-9-13-16/h4-13,17-18H,3,14H2,1-2H3/t17-,18+/m0/s1. The molecule has 2 rings (SSSR count). The van der Waals surface area contributed by atoms with Crippen LogP contribution in [0.15, 0.2) is 65.7 Å². The van der Waals surface area contributed by atoms with Gasteiger partial charge in [-0.25, -0.2) is 4.79 Å². The maximum Gasteiger partial charge on any atom is 0.330 e. The predicted molar refractivity (Wildman–Crippen MR) is 100 cm³/mol. The molecule has 0 N–H and O–H groups in total. The van der Waals surface area contributed by atoms with E-state index >= 15 is 0 Å². The van der Waals surface area contributed by atoms with Gasteiger partial charge in [0.05, 0.1) is 12.8 Å². The summed E-state index contributed by atoms with van der Waals surface area (Å²) in [6.07, 6.45) is 0.321. The second-order valence-electron chi connectivity index (χ2n) is 5.83. The third-order valence-electron chi connectivity index (χ3n) is 4.12. The van der Waals surface area contributed by atoms with Crippen LogP contribution >= 0.6 is 0 Å². The SMILES string of the molecule is CC[C@@H](C[C@@H](N=C(c1ccccc1)c1ccccc1)C(=O)OC)[N+](=O)[O-]. The smallest absolute Gasteiger partial charge is 0.330 e. The van der Waals surface area contributed by atoms with Crippen LogP contribution in [0, 0.1) is 10.1 Å². The Morgan fingerprint density at radius 1 is 1.08 bits per heavy atom. The Morgan fingerprint density at radius 3 is 1.96 bits per heavy atom. The Labute approximate surface area is 152 Å². The number of ether oxygens (including phenoxy) is 1. The molecule has 0 radical (unpaired) electrons. The zero-order valence-corrected chi connectivity index (χ0v) is 14.9. The summed E-state index contributed by atoms with van der Waals surface area (Å²) in [6, 6.07) is 17.1. The molecule has 6 heteroatoms. The molecule has 0 aliphatic carbocycles. The molecule has 2 aromatic rings. The number of methoxy groups -OCH3 is 1. The molecular formula is C20H22N2O4. The first kappa shape index (κ1) is 19.3. The molecule has 136 valence electrons. The molecule has 6 nitrogen and oxygen atoms in total. The van der Waals surface area contributed by atoms with Gasteiger partial charge in [-0.3, -0.25) is 15.1 Å². The third kappa shape index (κ3) is 4.99. The zero-order chi connectivity index (χ0) is 18.9. The van der Waals surface area contributed by atoms with Crippen molar-refractivity contribution in [3.63, 3.8) is 0 Å². The number of esters is 1. The molecule has 0 aliphatic heterocycles. The highest BCUT2D eigenvalue weighted by atomic mass is 16.6. The maximum atomic E-state index is 12.2. The number of rotatable bonds is 8. The number of benzene rings is 2. The van der Waals surface area contributed by atoms with Crippen LogP contribution in [0.4, 0.5) is 0 Å². The summed E-state index contributed by atoms with van der Waals surface area (Å²) in [6.45, 7) is 1.72. The number of hydrogen-bond donors (Lipinski definition) is 0. The van der Waals surface area contributed by atoms with E-state index in [9.17, 15) is 14.9 Å². The average molecular weight is 354 g/mol. The lowest BCUT2D eigenvalue weighted by molar-refractivity contribution is -0.523. The Morgan fingerprint density at radius 2 is 1.58 bits per heavy atom. The summed E-state index contributed by atoms with van der Waals surface area (Å²) in [4.78, 5) is 27.7. The minimum Gasteiger partial charge on any atom is -0.467 e. The highest BCUT2D eigenvalue weighted by Crippen LogP contribution is 2.16. The Kier molecular flexibility index (Phi) is 7.02. The van der Waals surface area contributed by atoms with Crippen molar-refractivity contribution in [3.8, 4) is 0 Å². The Bertz CT molecular complexity index is 718. The van der Waals surface area contributed by atoms with E-state index in [4.69, 9.17) is 4.74 Å². The van der Waals surface area contributed by atoms with Crippen LogP contribution in [0.25, 0.3) is 0 Å². The molecular weight excluding hydrogens is 332 g/mol. The van der Waals surface area contributed by atoms with Crippen molar-refractivity contribution < 1.29 is 14.5 Å². The van der Waals surface area contributed by atoms with Crippen LogP contribution in [0.5, 0.6) is 0 Å². The van der Waals surface area contributed by atoms with Crippen LogP contribution in [0.3, 0.4) is 0 Å². The first-order valence-electron chi connectivity index (χ1n) is 8.46. The molecule has 26 heavy (non-hydrogen) atoms. The van der Waals surface area contributed by atoms with Crippen LogP contribution in [0.1, 0.15) is 30.9 Å². The van der Waals surface area contributed by atoms with Crippen molar-refractivity contribution in [2.75, 3.05) is 7.11 Å². The van der Waals surface area contributed by atoms with Crippen LogP contribution in [-0.4, -0.2) is 35.8 Å². The molecule has 0 aliphatic rings. The lowest BCUT2D eigenvalue weighted by atomic mass is 10.0. The normalized spacial score (nSPS) is 12.7. The molecule has 0 amide bonds. The molecule has 0 saturated heterocycles. The van der Waals surface area contributed by atoms with Gasteiger partial charge in [-0.05, 0) is 0 Å². The summed E-state index contributed by atoms with van der Waals surface area (Å²) in [5.74, 6) is -0.574. The molecule has 0 spiro atoms. The third-order valence-corrected chi connectivity index (χ3v) is 4.12. The van der Waals surface area contributed by atoms with E-state index in [-0.39, 0.29) is 11.3 Å². The van der Waals surface area contributed by atoms with Gasteiger partial charge in [0.2, 0.25) is 6.04 Å². The van der Waals surface area contributed by atoms with E-state index in [2.05, 4.69) is 4.99 Å². The van der Waals surface area contributed by atoms with Gasteiger partial charge in [-0.15, -0.1) is 0 Å². The van der Waals surface area contributed by atoms with Gasteiger partial charge >= 0.3 is 5.97 Å². The van der Waals surface area contributed by atoms with E-state index in [0.29, 0.717) is 12.1 Å². The predicted octanol–water partition coefficient (Wildman–Crippen LogP) is 3.51. The van der Waals surface area contributed by atoms with Crippen molar-refractivity contribution in [2.24, 2.45) is 4.99 Å². The topological polar surface area (TPSA) is 81.8 Å². The highest BCUT2D eigenvalue weighted by Gasteiger charge is 2.29. The van der Waals surface area contributed by atoms with Crippen LogP contribution < -0.4 is 0 Å². The van der Waals surface area contributed by atoms with Gasteiger partial charge in [0.15, 0.2) is 6.04 Å². The second kappa shape index (κ2) is 9.46. The Balaban J connectivity index is 2.49. The van der Waals surface area contributed by atoms with Crippen molar-refractivity contribution in [1.29, 1.82) is 0 Å². The average Bonchev–Trinajstić information content (AvgIpc) is 2.68. The molecule has 0 aromatic heterocycles. The monoisotopic (exact) mass is 354 g/mol. The van der Waals surface area contributed by atoms with E-state index in [1.54, 1.807) is 6.92 Å². The van der Waals surface area contributed by atoms with Crippen molar-refractivity contribution in [3.05, 3.63) is 81.9 Å². The first-order chi connectivity index (χ1) is 12.6. The lowest BCUT2D eigenvalue weighted by Gasteiger charge is -2.16. The summed E-state index contributed by atoms with van der Waals surface area (Å²) in [5.41, 5.74) is 2.28. The van der Waals surface area contributed by atoms with Gasteiger partial charge in [-0.1, -0.05) is 67.6 Å². The number of hydrogen-bond acceptors (Lipinski definition) is 5. The number of nitro groups is 1. The zero-order valence-electron chi connectivity index (χ0n) is 14.9. The summed E-state index contributed by atoms with van der Waals surface area (Å²) in [5, 5.41) is 11.2. The molecule has 0 unspecified atom stereocenters. The van der Waals surface area contributed by atoms with Gasteiger partial charge in [0.25, 0.3) is 0 Å². The Hall–Kier alpha value is -3.02. The quantitative estimate of drug-likeness (QED) is 0.314. The number of carbonyl (C=O) groups is 1. The second-order valence-corrected chi connectivity index (χ2v) is 5.83. The van der Waals surface area contributed by atoms with E-state index < -0.39 is 18.1 Å². The summed E-state index contributed by atoms with van der Waals surface area (Å²) in [7, 11) is 1.27. The molecule has 2 atom stereocenters. The minimum absolute atomic E-state index is 0.000654. The molecule has 0 heterocycles. The first-order valence-corrected chi connectivity index (χ1v) is 8.46. The van der Waals surface area contributed by atoms with Gasteiger partial charge < -0.3 is 4.74 Å². The van der Waals surface area contributed by atoms with Gasteiger partial charge in [0.1, 0.15) is 0 Å².